The van der Waals surface area contributed by atoms with Gasteiger partial charge in [0.25, 0.3) is 5.91 Å². The van der Waals surface area contributed by atoms with Gasteiger partial charge in [0.1, 0.15) is 5.56 Å². The van der Waals surface area contributed by atoms with Crippen LogP contribution < -0.4 is 10.1 Å². The molecule has 2 aromatic rings. The minimum absolute atomic E-state index is 0.236. The number of halogens is 1. The Morgan fingerprint density at radius 2 is 1.80 bits per heavy atom. The molecule has 7 heteroatoms. The highest BCUT2D eigenvalue weighted by Gasteiger charge is 2.15. The van der Waals surface area contributed by atoms with Gasteiger partial charge in [-0.3, -0.25) is 4.79 Å². The lowest BCUT2D eigenvalue weighted by Crippen LogP contribution is -2.26. The third-order valence-electron chi connectivity index (χ3n) is 4.70. The fourth-order valence-electron chi connectivity index (χ4n) is 2.99. The molecule has 0 radical (unpaired) electrons. The normalized spacial score (nSPS) is 10.6. The van der Waals surface area contributed by atoms with Crippen LogP contribution in [0.5, 0.6) is 5.88 Å². The molecule has 0 aliphatic carbocycles. The summed E-state index contributed by atoms with van der Waals surface area (Å²) >= 11 is 6.02. The van der Waals surface area contributed by atoms with Gasteiger partial charge in [-0.15, -0.1) is 0 Å². The number of ether oxygens (including phenoxy) is 1. The Morgan fingerprint density at radius 3 is 2.50 bits per heavy atom. The SMILES string of the molecule is CCCCCCCCOc1ncc(Cl)cc1C(=O)NCCc1ccc(C(=O)O)cc1. The van der Waals surface area contributed by atoms with E-state index in [0.717, 1.165) is 18.4 Å². The fraction of sp³-hybridized carbons (Fsp3) is 0.435. The number of hydrogen-bond acceptors (Lipinski definition) is 4. The van der Waals surface area contributed by atoms with Crippen molar-refractivity contribution in [1.82, 2.24) is 10.3 Å². The maximum absolute atomic E-state index is 12.6. The molecule has 2 rings (SSSR count). The number of benzene rings is 1. The molecule has 0 aliphatic rings. The molecule has 0 saturated heterocycles. The molecule has 0 spiro atoms. The maximum Gasteiger partial charge on any atom is 0.335 e. The number of carboxylic acid groups (broad SMARTS) is 1. The summed E-state index contributed by atoms with van der Waals surface area (Å²) in [5.41, 5.74) is 1.48. The van der Waals surface area contributed by atoms with Gasteiger partial charge in [-0.05, 0) is 36.6 Å². The average Bonchev–Trinajstić information content (AvgIpc) is 2.74. The molecular weight excluding hydrogens is 404 g/mol. The summed E-state index contributed by atoms with van der Waals surface area (Å²) < 4.78 is 5.73. The summed E-state index contributed by atoms with van der Waals surface area (Å²) in [6, 6.07) is 8.14. The highest BCUT2D eigenvalue weighted by Crippen LogP contribution is 2.20. The number of pyridine rings is 1. The van der Waals surface area contributed by atoms with Crippen molar-refractivity contribution in [3.63, 3.8) is 0 Å². The number of amides is 1. The first-order valence-electron chi connectivity index (χ1n) is 10.4. The van der Waals surface area contributed by atoms with Gasteiger partial charge in [-0.25, -0.2) is 9.78 Å². The quantitative estimate of drug-likeness (QED) is 0.427. The molecule has 1 amide bonds. The van der Waals surface area contributed by atoms with E-state index < -0.39 is 5.97 Å². The van der Waals surface area contributed by atoms with E-state index in [1.807, 2.05) is 0 Å². The van der Waals surface area contributed by atoms with Gasteiger partial charge in [-0.1, -0.05) is 62.8 Å². The summed E-state index contributed by atoms with van der Waals surface area (Å²) in [6.45, 7) is 3.10. The number of carbonyl (C=O) groups is 2. The molecule has 0 bridgehead atoms. The van der Waals surface area contributed by atoms with Crippen LogP contribution >= 0.6 is 11.6 Å². The molecule has 0 unspecified atom stereocenters. The maximum atomic E-state index is 12.6. The smallest absolute Gasteiger partial charge is 0.335 e. The highest BCUT2D eigenvalue weighted by atomic mass is 35.5. The summed E-state index contributed by atoms with van der Waals surface area (Å²) in [4.78, 5) is 27.7. The number of carboxylic acids is 1. The zero-order chi connectivity index (χ0) is 21.8. The Kier molecular flexibility index (Phi) is 10.1. The second-order valence-electron chi connectivity index (χ2n) is 7.13. The van der Waals surface area contributed by atoms with Gasteiger partial charge >= 0.3 is 5.97 Å². The van der Waals surface area contributed by atoms with Gasteiger partial charge in [0.15, 0.2) is 0 Å². The monoisotopic (exact) mass is 432 g/mol. The number of carbonyl (C=O) groups excluding carboxylic acids is 1. The summed E-state index contributed by atoms with van der Waals surface area (Å²) in [7, 11) is 0. The van der Waals surface area contributed by atoms with Crippen LogP contribution in [-0.2, 0) is 6.42 Å². The van der Waals surface area contributed by atoms with Crippen LogP contribution in [0.3, 0.4) is 0 Å². The van der Waals surface area contributed by atoms with Crippen LogP contribution in [-0.4, -0.2) is 35.1 Å². The molecule has 6 nitrogen and oxygen atoms in total. The highest BCUT2D eigenvalue weighted by molar-refractivity contribution is 6.30. The lowest BCUT2D eigenvalue weighted by molar-refractivity contribution is 0.0696. The van der Waals surface area contributed by atoms with E-state index in [0.29, 0.717) is 30.2 Å². The van der Waals surface area contributed by atoms with Crippen molar-refractivity contribution >= 4 is 23.5 Å². The Labute approximate surface area is 182 Å². The first kappa shape index (κ1) is 23.7. The number of hydrogen-bond donors (Lipinski definition) is 2. The summed E-state index contributed by atoms with van der Waals surface area (Å²) in [6.07, 6.45) is 8.96. The molecule has 0 aliphatic heterocycles. The summed E-state index contributed by atoms with van der Waals surface area (Å²) in [5, 5.41) is 12.2. The molecule has 0 fully saturated rings. The second-order valence-corrected chi connectivity index (χ2v) is 7.57. The van der Waals surface area contributed by atoms with E-state index >= 15 is 0 Å². The van der Waals surface area contributed by atoms with Crippen molar-refractivity contribution < 1.29 is 19.4 Å². The minimum Gasteiger partial charge on any atom is -0.478 e. The molecule has 30 heavy (non-hydrogen) atoms. The molecular formula is C23H29ClN2O4. The average molecular weight is 433 g/mol. The van der Waals surface area contributed by atoms with Crippen molar-refractivity contribution in [2.45, 2.75) is 51.9 Å². The Morgan fingerprint density at radius 1 is 1.10 bits per heavy atom. The van der Waals surface area contributed by atoms with E-state index in [4.69, 9.17) is 21.4 Å². The van der Waals surface area contributed by atoms with Crippen LogP contribution in [0.25, 0.3) is 0 Å². The number of nitrogens with one attached hydrogen (secondary N) is 1. The lowest BCUT2D eigenvalue weighted by Gasteiger charge is -2.11. The minimum atomic E-state index is -0.961. The van der Waals surface area contributed by atoms with Crippen LogP contribution in [0, 0.1) is 0 Å². The van der Waals surface area contributed by atoms with E-state index in [9.17, 15) is 9.59 Å². The predicted octanol–water partition coefficient (Wildman–Crippen LogP) is 5.15. The Hall–Kier alpha value is -2.60. The van der Waals surface area contributed by atoms with Gasteiger partial charge < -0.3 is 15.2 Å². The second kappa shape index (κ2) is 12.9. The van der Waals surface area contributed by atoms with Gasteiger partial charge in [-0.2, -0.15) is 0 Å². The third kappa shape index (κ3) is 8.03. The molecule has 162 valence electrons. The van der Waals surface area contributed by atoms with Crippen molar-refractivity contribution in [1.29, 1.82) is 0 Å². The van der Waals surface area contributed by atoms with Gasteiger partial charge in [0.05, 0.1) is 17.2 Å². The van der Waals surface area contributed by atoms with E-state index in [1.54, 1.807) is 30.3 Å². The van der Waals surface area contributed by atoms with E-state index in [1.165, 1.54) is 31.9 Å². The molecule has 2 N–H and O–H groups in total. The van der Waals surface area contributed by atoms with Crippen molar-refractivity contribution in [2.24, 2.45) is 0 Å². The zero-order valence-corrected chi connectivity index (χ0v) is 18.1. The van der Waals surface area contributed by atoms with E-state index in [-0.39, 0.29) is 17.4 Å². The topological polar surface area (TPSA) is 88.5 Å². The first-order chi connectivity index (χ1) is 14.5. The Bertz CT molecular complexity index is 824. The standard InChI is InChI=1S/C23H29ClN2O4/c1-2-3-4-5-6-7-14-30-22-20(15-19(24)16-26-22)21(27)25-13-12-17-8-10-18(11-9-17)23(28)29/h8-11,15-16H,2-7,12-14H2,1H3,(H,25,27)(H,28,29). The molecule has 0 saturated carbocycles. The lowest BCUT2D eigenvalue weighted by atomic mass is 10.1. The fourth-order valence-corrected chi connectivity index (χ4v) is 3.14. The van der Waals surface area contributed by atoms with Gasteiger partial charge in [0, 0.05) is 12.7 Å². The van der Waals surface area contributed by atoms with Crippen molar-refractivity contribution in [2.75, 3.05) is 13.2 Å². The van der Waals surface area contributed by atoms with Crippen molar-refractivity contribution in [3.8, 4) is 5.88 Å². The number of rotatable bonds is 13. The molecule has 0 atom stereocenters. The van der Waals surface area contributed by atoms with Crippen molar-refractivity contribution in [3.05, 3.63) is 58.2 Å². The van der Waals surface area contributed by atoms with Crippen LogP contribution in [0.15, 0.2) is 36.5 Å². The van der Waals surface area contributed by atoms with Crippen LogP contribution in [0.2, 0.25) is 5.02 Å². The predicted molar refractivity (Wildman–Crippen MR) is 118 cm³/mol. The summed E-state index contributed by atoms with van der Waals surface area (Å²) in [5.74, 6) is -0.974. The molecule has 1 aromatic carbocycles. The zero-order valence-electron chi connectivity index (χ0n) is 17.3. The first-order valence-corrected chi connectivity index (χ1v) is 10.8. The number of aromatic carboxylic acids is 1. The van der Waals surface area contributed by atoms with Crippen LogP contribution in [0.4, 0.5) is 0 Å². The van der Waals surface area contributed by atoms with Gasteiger partial charge in [0.2, 0.25) is 5.88 Å². The molecule has 1 aromatic heterocycles. The third-order valence-corrected chi connectivity index (χ3v) is 4.91. The Balaban J connectivity index is 1.83. The van der Waals surface area contributed by atoms with Crippen LogP contribution in [0.1, 0.15) is 71.7 Å². The molecule has 1 heterocycles. The number of unbranched alkanes of at least 4 members (excludes halogenated alkanes) is 5. The largest absolute Gasteiger partial charge is 0.478 e. The number of nitrogens with zero attached hydrogens (tertiary/aromatic N) is 1. The van der Waals surface area contributed by atoms with E-state index in [2.05, 4.69) is 17.2 Å². The number of aromatic nitrogens is 1.